The molecule has 0 bridgehead atoms. The summed E-state index contributed by atoms with van der Waals surface area (Å²) in [5.74, 6) is -1.15. The van der Waals surface area contributed by atoms with Gasteiger partial charge in [-0.1, -0.05) is 66.2 Å². The highest BCUT2D eigenvalue weighted by atomic mass is 16.7. The van der Waals surface area contributed by atoms with Crippen LogP contribution in [0.3, 0.4) is 0 Å². The Morgan fingerprint density at radius 3 is 2.00 bits per heavy atom. The first kappa shape index (κ1) is 17.6. The molecule has 0 aliphatic carbocycles. The van der Waals surface area contributed by atoms with E-state index in [0.29, 0.717) is 5.69 Å². The van der Waals surface area contributed by atoms with E-state index in [-0.39, 0.29) is 17.9 Å². The molecule has 5 nitrogen and oxygen atoms in total. The highest BCUT2D eigenvalue weighted by Gasteiger charge is 2.60. The van der Waals surface area contributed by atoms with E-state index >= 15 is 0 Å². The van der Waals surface area contributed by atoms with Crippen LogP contribution in [0.2, 0.25) is 0 Å². The second kappa shape index (κ2) is 6.87. The molecule has 144 valence electrons. The Morgan fingerprint density at radius 2 is 1.34 bits per heavy atom. The molecule has 2 aliphatic heterocycles. The predicted octanol–water partition coefficient (Wildman–Crippen LogP) is 4.05. The number of fused-ring (bicyclic) bond motifs is 1. The Bertz CT molecular complexity index is 1050. The van der Waals surface area contributed by atoms with Crippen LogP contribution < -0.4 is 9.96 Å². The maximum Gasteiger partial charge on any atom is 0.266 e. The fraction of sp³-hybridized carbons (Fsp3) is 0.167. The summed E-state index contributed by atoms with van der Waals surface area (Å²) < 4.78 is 0. The van der Waals surface area contributed by atoms with E-state index in [0.717, 1.165) is 16.8 Å². The smallest absolute Gasteiger partial charge is 0.266 e. The van der Waals surface area contributed by atoms with Crippen LogP contribution in [-0.4, -0.2) is 17.9 Å². The monoisotopic (exact) mass is 384 g/mol. The number of rotatable bonds is 3. The number of para-hydroxylation sites is 1. The zero-order chi connectivity index (χ0) is 20.0. The molecule has 2 aliphatic rings. The van der Waals surface area contributed by atoms with Crippen molar-refractivity contribution in [2.75, 3.05) is 9.96 Å². The summed E-state index contributed by atoms with van der Waals surface area (Å²) in [6, 6.07) is 26.4. The van der Waals surface area contributed by atoms with E-state index in [1.165, 1.54) is 4.90 Å². The van der Waals surface area contributed by atoms with Gasteiger partial charge < -0.3 is 0 Å². The lowest BCUT2D eigenvalue weighted by Crippen LogP contribution is -2.37. The number of anilines is 2. The van der Waals surface area contributed by atoms with Crippen molar-refractivity contribution in [2.45, 2.75) is 19.1 Å². The summed E-state index contributed by atoms with van der Waals surface area (Å²) in [7, 11) is 0. The fourth-order valence-corrected chi connectivity index (χ4v) is 4.15. The number of nitrogens with zero attached hydrogens (tertiary/aromatic N) is 2. The van der Waals surface area contributed by atoms with Crippen molar-refractivity contribution in [3.8, 4) is 0 Å². The maximum atomic E-state index is 13.4. The minimum atomic E-state index is -0.839. The van der Waals surface area contributed by atoms with Gasteiger partial charge in [-0.15, -0.1) is 0 Å². The van der Waals surface area contributed by atoms with Gasteiger partial charge in [-0.25, -0.2) is 9.96 Å². The molecular weight excluding hydrogens is 364 g/mol. The van der Waals surface area contributed by atoms with Crippen LogP contribution in [0.25, 0.3) is 0 Å². The van der Waals surface area contributed by atoms with Crippen molar-refractivity contribution >= 4 is 23.2 Å². The van der Waals surface area contributed by atoms with Crippen LogP contribution in [0.15, 0.2) is 84.9 Å². The van der Waals surface area contributed by atoms with Crippen molar-refractivity contribution in [3.63, 3.8) is 0 Å². The Kier molecular flexibility index (Phi) is 4.18. The van der Waals surface area contributed by atoms with Gasteiger partial charge in [0.1, 0.15) is 5.92 Å². The van der Waals surface area contributed by atoms with Gasteiger partial charge in [0.25, 0.3) is 5.91 Å². The molecule has 0 aromatic heterocycles. The minimum absolute atomic E-state index is 0.226. The highest BCUT2D eigenvalue weighted by molar-refractivity contribution is 6.23. The molecule has 2 heterocycles. The Balaban J connectivity index is 1.58. The van der Waals surface area contributed by atoms with Gasteiger partial charge >= 0.3 is 0 Å². The number of hydrogen-bond acceptors (Lipinski definition) is 4. The molecule has 0 saturated carbocycles. The first-order valence-electron chi connectivity index (χ1n) is 9.65. The number of aryl methyl sites for hydroxylation is 1. The van der Waals surface area contributed by atoms with Gasteiger partial charge in [0, 0.05) is 0 Å². The normalized spacial score (nSPS) is 23.6. The van der Waals surface area contributed by atoms with Crippen molar-refractivity contribution in [1.29, 1.82) is 0 Å². The van der Waals surface area contributed by atoms with Crippen LogP contribution >= 0.6 is 0 Å². The zero-order valence-electron chi connectivity index (χ0n) is 15.9. The van der Waals surface area contributed by atoms with Crippen molar-refractivity contribution < 1.29 is 14.4 Å². The van der Waals surface area contributed by atoms with Crippen LogP contribution in [0, 0.1) is 12.8 Å². The lowest BCUT2D eigenvalue weighted by molar-refractivity contribution is -0.126. The summed E-state index contributed by atoms with van der Waals surface area (Å²) in [5.41, 5.74) is 3.41. The quantitative estimate of drug-likeness (QED) is 0.640. The van der Waals surface area contributed by atoms with E-state index in [4.69, 9.17) is 4.84 Å². The van der Waals surface area contributed by atoms with Crippen molar-refractivity contribution in [3.05, 3.63) is 96.1 Å². The number of imide groups is 1. The number of benzene rings is 3. The van der Waals surface area contributed by atoms with Crippen LogP contribution in [0.1, 0.15) is 17.2 Å². The van der Waals surface area contributed by atoms with E-state index in [2.05, 4.69) is 0 Å². The molecule has 2 amide bonds. The Morgan fingerprint density at radius 1 is 0.724 bits per heavy atom. The zero-order valence-corrected chi connectivity index (χ0v) is 15.9. The second-order valence-corrected chi connectivity index (χ2v) is 7.42. The third-order valence-corrected chi connectivity index (χ3v) is 5.56. The molecule has 3 unspecified atom stereocenters. The minimum Gasteiger partial charge on any atom is -0.273 e. The number of carbonyl (C=O) groups is 2. The second-order valence-electron chi connectivity index (χ2n) is 7.42. The SMILES string of the molecule is Cc1ccc(N2C(=O)C3ON(c4ccccc4)C(c4ccccc4)C3C2=O)cc1. The Labute approximate surface area is 169 Å². The van der Waals surface area contributed by atoms with E-state index < -0.39 is 12.0 Å². The predicted molar refractivity (Wildman–Crippen MR) is 110 cm³/mol. The molecule has 5 rings (SSSR count). The summed E-state index contributed by atoms with van der Waals surface area (Å²) in [6.45, 7) is 1.97. The van der Waals surface area contributed by atoms with Crippen molar-refractivity contribution in [1.82, 2.24) is 0 Å². The van der Waals surface area contributed by atoms with E-state index in [1.807, 2.05) is 79.7 Å². The van der Waals surface area contributed by atoms with Gasteiger partial charge in [-0.05, 0) is 36.8 Å². The van der Waals surface area contributed by atoms with E-state index in [9.17, 15) is 9.59 Å². The van der Waals surface area contributed by atoms with Gasteiger partial charge in [0.05, 0.1) is 17.4 Å². The third-order valence-electron chi connectivity index (χ3n) is 5.56. The molecule has 3 aromatic carbocycles. The average molecular weight is 384 g/mol. The van der Waals surface area contributed by atoms with Crippen LogP contribution in [0.5, 0.6) is 0 Å². The van der Waals surface area contributed by atoms with E-state index in [1.54, 1.807) is 17.2 Å². The molecule has 3 atom stereocenters. The average Bonchev–Trinajstić information content (AvgIpc) is 3.27. The van der Waals surface area contributed by atoms with Gasteiger partial charge in [-0.2, -0.15) is 0 Å². The topological polar surface area (TPSA) is 49.9 Å². The van der Waals surface area contributed by atoms with Gasteiger partial charge in [0.2, 0.25) is 5.91 Å². The summed E-state index contributed by atoms with van der Waals surface area (Å²) >= 11 is 0. The number of hydrogen-bond donors (Lipinski definition) is 0. The first-order valence-corrected chi connectivity index (χ1v) is 9.65. The summed E-state index contributed by atoms with van der Waals surface area (Å²) in [5, 5.41) is 1.72. The summed E-state index contributed by atoms with van der Waals surface area (Å²) in [6.07, 6.45) is -0.839. The maximum absolute atomic E-state index is 13.4. The number of carbonyl (C=O) groups excluding carboxylic acids is 2. The van der Waals surface area contributed by atoms with Crippen LogP contribution in [-0.2, 0) is 14.4 Å². The fourth-order valence-electron chi connectivity index (χ4n) is 4.15. The third kappa shape index (κ3) is 2.82. The molecule has 5 heteroatoms. The highest BCUT2D eigenvalue weighted by Crippen LogP contribution is 2.47. The standard InChI is InChI=1S/C24H20N2O3/c1-16-12-14-18(15-13-16)25-23(27)20-21(17-8-4-2-5-9-17)26(29-22(20)24(25)28)19-10-6-3-7-11-19/h2-15,20-22H,1H3. The molecule has 2 saturated heterocycles. The molecule has 0 N–H and O–H groups in total. The molecule has 2 fully saturated rings. The lowest BCUT2D eigenvalue weighted by Gasteiger charge is -2.28. The van der Waals surface area contributed by atoms with Crippen molar-refractivity contribution in [2.24, 2.45) is 5.92 Å². The summed E-state index contributed by atoms with van der Waals surface area (Å²) in [4.78, 5) is 34.0. The van der Waals surface area contributed by atoms with Gasteiger partial charge in [-0.3, -0.25) is 14.4 Å². The number of hydroxylamine groups is 1. The molecule has 0 radical (unpaired) electrons. The van der Waals surface area contributed by atoms with Crippen LogP contribution in [0.4, 0.5) is 11.4 Å². The first-order chi connectivity index (χ1) is 14.1. The molecule has 0 spiro atoms. The largest absolute Gasteiger partial charge is 0.273 e. The molecule has 3 aromatic rings. The molecule has 29 heavy (non-hydrogen) atoms. The number of amides is 2. The molecular formula is C24H20N2O3. The van der Waals surface area contributed by atoms with Gasteiger partial charge in [0.15, 0.2) is 6.10 Å². The Hall–Kier alpha value is -3.44. The lowest BCUT2D eigenvalue weighted by atomic mass is 9.90.